The van der Waals surface area contributed by atoms with Gasteiger partial charge in [-0.2, -0.15) is 0 Å². The number of benzene rings is 2. The number of aromatic nitrogens is 2. The van der Waals surface area contributed by atoms with E-state index < -0.39 is 0 Å². The van der Waals surface area contributed by atoms with Crippen LogP contribution in [0.3, 0.4) is 0 Å². The molecule has 0 bridgehead atoms. The van der Waals surface area contributed by atoms with Crippen molar-refractivity contribution in [3.8, 4) is 22.5 Å². The van der Waals surface area contributed by atoms with E-state index in [1.54, 1.807) is 11.8 Å². The zero-order valence-electron chi connectivity index (χ0n) is 19.6. The van der Waals surface area contributed by atoms with Crippen molar-refractivity contribution < 1.29 is 4.79 Å². The van der Waals surface area contributed by atoms with Gasteiger partial charge in [-0.05, 0) is 18.8 Å². The van der Waals surface area contributed by atoms with Gasteiger partial charge >= 0.3 is 0 Å². The highest BCUT2D eigenvalue weighted by atomic mass is 32.2. The minimum absolute atomic E-state index is 0.189. The predicted molar refractivity (Wildman–Crippen MR) is 138 cm³/mol. The number of nitrogens with one attached hydrogen (secondary N) is 1. The molecule has 1 amide bonds. The Bertz CT molecular complexity index is 1010. The third-order valence-electron chi connectivity index (χ3n) is 6.38. The molecule has 4 nitrogen and oxygen atoms in total. The quantitative estimate of drug-likeness (QED) is 0.252. The molecule has 1 aliphatic carbocycles. The highest BCUT2D eigenvalue weighted by Gasteiger charge is 2.20. The van der Waals surface area contributed by atoms with Gasteiger partial charge in [-0.15, -0.1) is 0 Å². The summed E-state index contributed by atoms with van der Waals surface area (Å²) >= 11 is 1.73. The first-order valence-electron chi connectivity index (χ1n) is 12.4. The van der Waals surface area contributed by atoms with Gasteiger partial charge in [-0.3, -0.25) is 4.79 Å². The van der Waals surface area contributed by atoms with Crippen molar-refractivity contribution in [3.63, 3.8) is 0 Å². The number of hydrogen-bond acceptors (Lipinski definition) is 3. The minimum atomic E-state index is 0.189. The fraction of sp³-hybridized carbons (Fsp3) is 0.429. The third-order valence-corrected chi connectivity index (χ3v) is 7.36. The summed E-state index contributed by atoms with van der Waals surface area (Å²) in [7, 11) is 0. The van der Waals surface area contributed by atoms with E-state index in [-0.39, 0.29) is 5.91 Å². The molecule has 33 heavy (non-hydrogen) atoms. The maximum Gasteiger partial charge on any atom is 0.220 e. The first-order chi connectivity index (χ1) is 16.3. The zero-order chi connectivity index (χ0) is 22.9. The number of carbonyl (C=O) groups excluding carboxylic acids is 1. The zero-order valence-corrected chi connectivity index (χ0v) is 20.4. The van der Waals surface area contributed by atoms with Gasteiger partial charge in [0.1, 0.15) is 0 Å². The average Bonchev–Trinajstić information content (AvgIpc) is 3.50. The Labute approximate surface area is 202 Å². The van der Waals surface area contributed by atoms with Crippen molar-refractivity contribution in [1.29, 1.82) is 0 Å². The molecule has 1 fully saturated rings. The molecule has 0 aliphatic heterocycles. The number of rotatable bonds is 11. The first-order valence-corrected chi connectivity index (χ1v) is 13.4. The largest absolute Gasteiger partial charge is 0.355 e. The van der Waals surface area contributed by atoms with E-state index in [9.17, 15) is 4.79 Å². The lowest BCUT2D eigenvalue weighted by molar-refractivity contribution is -0.121. The van der Waals surface area contributed by atoms with E-state index in [1.807, 2.05) is 6.07 Å². The van der Waals surface area contributed by atoms with Gasteiger partial charge < -0.3 is 9.88 Å². The van der Waals surface area contributed by atoms with Crippen LogP contribution >= 0.6 is 11.8 Å². The van der Waals surface area contributed by atoms with Crippen LogP contribution in [0.2, 0.25) is 0 Å². The molecule has 0 unspecified atom stereocenters. The molecular formula is C28H35N3OS. The van der Waals surface area contributed by atoms with Gasteiger partial charge in [-0.25, -0.2) is 4.98 Å². The van der Waals surface area contributed by atoms with Crippen LogP contribution in [0.5, 0.6) is 0 Å². The second-order valence-electron chi connectivity index (χ2n) is 8.86. The molecule has 1 heterocycles. The highest BCUT2D eigenvalue weighted by molar-refractivity contribution is 7.99. The van der Waals surface area contributed by atoms with Crippen molar-refractivity contribution in [2.24, 2.45) is 5.92 Å². The Kier molecular flexibility index (Phi) is 8.65. The lowest BCUT2D eigenvalue weighted by Crippen LogP contribution is -2.26. The summed E-state index contributed by atoms with van der Waals surface area (Å²) in [6.45, 7) is 3.80. The molecule has 1 aliphatic rings. The monoisotopic (exact) mass is 461 g/mol. The fourth-order valence-corrected chi connectivity index (χ4v) is 5.60. The SMILES string of the molecule is CCCn1c(SCCNC(=O)CCC2CCCC2)nc(-c2ccccc2)c1-c1ccccc1. The molecule has 174 valence electrons. The second-order valence-corrected chi connectivity index (χ2v) is 9.92. The summed E-state index contributed by atoms with van der Waals surface area (Å²) in [5, 5.41) is 4.14. The Hall–Kier alpha value is -2.53. The molecule has 5 heteroatoms. The van der Waals surface area contributed by atoms with Crippen LogP contribution in [0.15, 0.2) is 65.8 Å². The molecule has 3 aromatic rings. The Morgan fingerprint density at radius 3 is 2.36 bits per heavy atom. The number of carbonyl (C=O) groups is 1. The van der Waals surface area contributed by atoms with Crippen LogP contribution in [0.25, 0.3) is 22.5 Å². The fourth-order valence-electron chi connectivity index (χ4n) is 4.71. The van der Waals surface area contributed by atoms with Crippen LogP contribution in [0, 0.1) is 5.92 Å². The van der Waals surface area contributed by atoms with Gasteiger partial charge in [0.25, 0.3) is 0 Å². The summed E-state index contributed by atoms with van der Waals surface area (Å²) in [4.78, 5) is 17.4. The highest BCUT2D eigenvalue weighted by Crippen LogP contribution is 2.36. The third kappa shape index (κ3) is 6.29. The van der Waals surface area contributed by atoms with Crippen molar-refractivity contribution in [2.45, 2.75) is 63.6 Å². The molecule has 1 N–H and O–H groups in total. The summed E-state index contributed by atoms with van der Waals surface area (Å²) in [5.41, 5.74) is 4.52. The topological polar surface area (TPSA) is 46.9 Å². The molecule has 4 rings (SSSR count). The number of hydrogen-bond donors (Lipinski definition) is 1. The Morgan fingerprint density at radius 1 is 1.03 bits per heavy atom. The maximum absolute atomic E-state index is 12.3. The summed E-state index contributed by atoms with van der Waals surface area (Å²) in [5.74, 6) is 1.77. The lowest BCUT2D eigenvalue weighted by atomic mass is 10.0. The standard InChI is InChI=1S/C28H35N3OS/c1-2-20-31-27(24-15-7-4-8-16-24)26(23-13-5-3-6-14-23)30-28(31)33-21-19-29-25(32)18-17-22-11-9-10-12-22/h3-8,13-16,22H,2,9-12,17-21H2,1H3,(H,29,32). The smallest absolute Gasteiger partial charge is 0.220 e. The van der Waals surface area contributed by atoms with E-state index in [1.165, 1.54) is 36.9 Å². The lowest BCUT2D eigenvalue weighted by Gasteiger charge is -2.12. The van der Waals surface area contributed by atoms with Gasteiger partial charge in [0, 0.05) is 36.4 Å². The van der Waals surface area contributed by atoms with E-state index in [2.05, 4.69) is 71.4 Å². The van der Waals surface area contributed by atoms with Crippen molar-refractivity contribution in [2.75, 3.05) is 12.3 Å². The van der Waals surface area contributed by atoms with E-state index in [0.29, 0.717) is 13.0 Å². The number of thioether (sulfide) groups is 1. The van der Waals surface area contributed by atoms with Crippen LogP contribution < -0.4 is 5.32 Å². The molecule has 1 aromatic heterocycles. The van der Waals surface area contributed by atoms with Crippen molar-refractivity contribution >= 4 is 17.7 Å². The van der Waals surface area contributed by atoms with Gasteiger partial charge in [0.2, 0.25) is 5.91 Å². The molecule has 2 aromatic carbocycles. The first kappa shape index (κ1) is 23.6. The van der Waals surface area contributed by atoms with Gasteiger partial charge in [-0.1, -0.05) is 105 Å². The Morgan fingerprint density at radius 2 is 1.70 bits per heavy atom. The molecule has 0 spiro atoms. The normalized spacial score (nSPS) is 14.0. The van der Waals surface area contributed by atoms with Crippen LogP contribution in [-0.2, 0) is 11.3 Å². The second kappa shape index (κ2) is 12.1. The molecule has 0 saturated heterocycles. The molecule has 0 radical (unpaired) electrons. The van der Waals surface area contributed by atoms with Crippen molar-refractivity contribution in [1.82, 2.24) is 14.9 Å². The van der Waals surface area contributed by atoms with Gasteiger partial charge in [0.15, 0.2) is 5.16 Å². The van der Waals surface area contributed by atoms with Crippen LogP contribution in [0.1, 0.15) is 51.9 Å². The van der Waals surface area contributed by atoms with E-state index in [4.69, 9.17) is 4.98 Å². The van der Waals surface area contributed by atoms with E-state index >= 15 is 0 Å². The summed E-state index contributed by atoms with van der Waals surface area (Å²) in [6, 6.07) is 21.0. The minimum Gasteiger partial charge on any atom is -0.355 e. The van der Waals surface area contributed by atoms with Crippen LogP contribution in [-0.4, -0.2) is 27.8 Å². The Balaban J connectivity index is 1.46. The molecular weight excluding hydrogens is 426 g/mol. The van der Waals surface area contributed by atoms with Crippen LogP contribution in [0.4, 0.5) is 0 Å². The summed E-state index contributed by atoms with van der Waals surface area (Å²) in [6.07, 6.45) is 8.02. The van der Waals surface area contributed by atoms with Crippen molar-refractivity contribution in [3.05, 3.63) is 60.7 Å². The molecule has 1 saturated carbocycles. The summed E-state index contributed by atoms with van der Waals surface area (Å²) < 4.78 is 2.35. The number of nitrogens with zero attached hydrogens (tertiary/aromatic N) is 2. The molecule has 0 atom stereocenters. The number of imidazole rings is 1. The number of amides is 1. The van der Waals surface area contributed by atoms with Gasteiger partial charge in [0.05, 0.1) is 11.4 Å². The average molecular weight is 462 g/mol. The maximum atomic E-state index is 12.3. The predicted octanol–water partition coefficient (Wildman–Crippen LogP) is 6.81. The van der Waals surface area contributed by atoms with E-state index in [0.717, 1.165) is 47.5 Å².